The van der Waals surface area contributed by atoms with Crippen LogP contribution in [0.1, 0.15) is 113 Å². The van der Waals surface area contributed by atoms with E-state index in [4.69, 9.17) is 9.47 Å². The minimum Gasteiger partial charge on any atom is -0.490 e. The van der Waals surface area contributed by atoms with Gasteiger partial charge in [0.2, 0.25) is 0 Å². The Morgan fingerprint density at radius 2 is 1.03 bits per heavy atom. The maximum absolute atomic E-state index is 6.36. The highest BCUT2D eigenvalue weighted by Crippen LogP contribution is 2.33. The van der Waals surface area contributed by atoms with Crippen LogP contribution < -0.4 is 15.4 Å². The Labute approximate surface area is 210 Å². The van der Waals surface area contributed by atoms with E-state index in [1.807, 2.05) is 30.3 Å². The fourth-order valence-corrected chi connectivity index (χ4v) is 6.80. The number of nitrogens with one attached hydrogen (secondary N) is 2. The smallest absolute Gasteiger partial charge is 0.119 e. The Morgan fingerprint density at radius 1 is 0.588 bits per heavy atom. The molecule has 4 rings (SSSR count). The number of piperidine rings is 2. The van der Waals surface area contributed by atoms with E-state index < -0.39 is 0 Å². The van der Waals surface area contributed by atoms with E-state index in [2.05, 4.69) is 66.0 Å². The number of ether oxygens (including phenoxy) is 2. The van der Waals surface area contributed by atoms with E-state index >= 15 is 0 Å². The maximum atomic E-state index is 6.36. The summed E-state index contributed by atoms with van der Waals surface area (Å²) in [6.45, 7) is 18.2. The lowest BCUT2D eigenvalue weighted by atomic mass is 9.80. The molecule has 0 aromatic heterocycles. The lowest BCUT2D eigenvalue weighted by molar-refractivity contribution is -0.0749. The highest BCUT2D eigenvalue weighted by Gasteiger charge is 2.40. The fraction of sp³-hybridized carbons (Fsp3) is 0.800. The Balaban J connectivity index is 0.000000191. The van der Waals surface area contributed by atoms with Gasteiger partial charge in [0.25, 0.3) is 0 Å². The summed E-state index contributed by atoms with van der Waals surface area (Å²) >= 11 is 0. The van der Waals surface area contributed by atoms with Crippen LogP contribution in [0.3, 0.4) is 0 Å². The standard InChI is InChI=1S/C15H29NO.C15H23NO/c2*1-14(2)10-13(11-15(3,4)16-14)17-12-8-6-5-7-9-12/h12-13,16H,5-11H2,1-4H3;5-9,13,16H,10-11H2,1-4H3. The van der Waals surface area contributed by atoms with Crippen LogP contribution in [0, 0.1) is 0 Å². The molecule has 0 atom stereocenters. The van der Waals surface area contributed by atoms with Crippen LogP contribution in [0.4, 0.5) is 0 Å². The van der Waals surface area contributed by atoms with Crippen molar-refractivity contribution in [2.24, 2.45) is 0 Å². The molecule has 34 heavy (non-hydrogen) atoms. The first-order chi connectivity index (χ1) is 15.7. The van der Waals surface area contributed by atoms with Gasteiger partial charge >= 0.3 is 0 Å². The van der Waals surface area contributed by atoms with Crippen LogP contribution in [0.25, 0.3) is 0 Å². The molecular weight excluding hydrogens is 420 g/mol. The molecule has 2 saturated heterocycles. The normalized spacial score (nSPS) is 26.8. The van der Waals surface area contributed by atoms with Crippen molar-refractivity contribution < 1.29 is 9.47 Å². The third kappa shape index (κ3) is 9.17. The highest BCUT2D eigenvalue weighted by atomic mass is 16.5. The van der Waals surface area contributed by atoms with Crippen LogP contribution in [-0.4, -0.2) is 40.5 Å². The Kier molecular flexibility index (Phi) is 8.80. The van der Waals surface area contributed by atoms with Crippen LogP contribution in [0.15, 0.2) is 30.3 Å². The zero-order chi connectivity index (χ0) is 25.0. The van der Waals surface area contributed by atoms with Gasteiger partial charge < -0.3 is 20.1 Å². The molecule has 1 saturated carbocycles. The molecule has 2 aliphatic heterocycles. The molecule has 4 heteroatoms. The summed E-state index contributed by atoms with van der Waals surface area (Å²) in [7, 11) is 0. The Bertz CT molecular complexity index is 718. The molecule has 0 unspecified atom stereocenters. The first kappa shape index (κ1) is 27.5. The van der Waals surface area contributed by atoms with Crippen molar-refractivity contribution in [2.75, 3.05) is 0 Å². The van der Waals surface area contributed by atoms with Crippen molar-refractivity contribution in [1.82, 2.24) is 10.6 Å². The molecule has 3 aliphatic rings. The molecule has 2 N–H and O–H groups in total. The van der Waals surface area contributed by atoms with Crippen LogP contribution in [0.5, 0.6) is 5.75 Å². The molecule has 1 aromatic carbocycles. The quantitative estimate of drug-likeness (QED) is 0.494. The van der Waals surface area contributed by atoms with E-state index in [0.29, 0.717) is 18.3 Å². The van der Waals surface area contributed by atoms with Crippen molar-refractivity contribution in [3.05, 3.63) is 30.3 Å². The van der Waals surface area contributed by atoms with Crippen LogP contribution in [-0.2, 0) is 4.74 Å². The lowest BCUT2D eigenvalue weighted by Gasteiger charge is -2.47. The van der Waals surface area contributed by atoms with E-state index in [1.54, 1.807) is 0 Å². The third-order valence-corrected chi connectivity index (χ3v) is 7.29. The summed E-state index contributed by atoms with van der Waals surface area (Å²) in [6.07, 6.45) is 12.4. The summed E-state index contributed by atoms with van der Waals surface area (Å²) in [5.41, 5.74) is 0.699. The lowest BCUT2D eigenvalue weighted by Crippen LogP contribution is -2.60. The molecule has 1 aliphatic carbocycles. The van der Waals surface area contributed by atoms with Crippen LogP contribution >= 0.6 is 0 Å². The van der Waals surface area contributed by atoms with E-state index in [9.17, 15) is 0 Å². The summed E-state index contributed by atoms with van der Waals surface area (Å²) in [5.74, 6) is 0.978. The van der Waals surface area contributed by atoms with Gasteiger partial charge in [-0.05, 0) is 93.2 Å². The van der Waals surface area contributed by atoms with Crippen molar-refractivity contribution >= 4 is 0 Å². The molecule has 1 aromatic rings. The number of para-hydroxylation sites is 1. The molecule has 4 nitrogen and oxygen atoms in total. The van der Waals surface area contributed by atoms with E-state index in [1.165, 1.54) is 32.1 Å². The number of rotatable bonds is 4. The second-order valence-corrected chi connectivity index (χ2v) is 13.7. The van der Waals surface area contributed by atoms with Gasteiger partial charge in [0.1, 0.15) is 11.9 Å². The zero-order valence-corrected chi connectivity index (χ0v) is 23.3. The minimum atomic E-state index is 0.140. The number of hydrogen-bond acceptors (Lipinski definition) is 4. The van der Waals surface area contributed by atoms with Gasteiger partial charge in [-0.2, -0.15) is 0 Å². The van der Waals surface area contributed by atoms with Gasteiger partial charge in [-0.15, -0.1) is 0 Å². The topological polar surface area (TPSA) is 42.5 Å². The average Bonchev–Trinajstić information content (AvgIpc) is 2.65. The largest absolute Gasteiger partial charge is 0.490 e. The molecule has 0 spiro atoms. The average molecular weight is 473 g/mol. The molecule has 2 heterocycles. The predicted molar refractivity (Wildman–Crippen MR) is 144 cm³/mol. The number of benzene rings is 1. The van der Waals surface area contributed by atoms with Gasteiger partial charge in [-0.1, -0.05) is 37.5 Å². The summed E-state index contributed by atoms with van der Waals surface area (Å²) in [4.78, 5) is 0. The zero-order valence-electron chi connectivity index (χ0n) is 23.3. The highest BCUT2D eigenvalue weighted by molar-refractivity contribution is 5.21. The SMILES string of the molecule is CC1(C)CC(OC2CCCCC2)CC(C)(C)N1.CC1(C)CC(Oc2ccccc2)CC(C)(C)N1. The molecular formula is C30H52N2O2. The fourth-order valence-electron chi connectivity index (χ4n) is 6.80. The first-order valence-electron chi connectivity index (χ1n) is 13.7. The second-order valence-electron chi connectivity index (χ2n) is 13.7. The Morgan fingerprint density at radius 3 is 1.50 bits per heavy atom. The van der Waals surface area contributed by atoms with Gasteiger partial charge in [0, 0.05) is 35.0 Å². The van der Waals surface area contributed by atoms with Gasteiger partial charge in [-0.3, -0.25) is 0 Å². The minimum absolute atomic E-state index is 0.140. The monoisotopic (exact) mass is 472 g/mol. The molecule has 3 fully saturated rings. The van der Waals surface area contributed by atoms with Crippen molar-refractivity contribution in [3.63, 3.8) is 0 Å². The van der Waals surface area contributed by atoms with Gasteiger partial charge in [0.05, 0.1) is 12.2 Å². The van der Waals surface area contributed by atoms with Crippen molar-refractivity contribution in [2.45, 2.75) is 154 Å². The van der Waals surface area contributed by atoms with Crippen molar-refractivity contribution in [3.8, 4) is 5.75 Å². The molecule has 0 amide bonds. The summed E-state index contributed by atoms with van der Waals surface area (Å²) < 4.78 is 12.5. The van der Waals surface area contributed by atoms with E-state index in [0.717, 1.165) is 31.4 Å². The summed E-state index contributed by atoms with van der Waals surface area (Å²) in [6, 6.07) is 10.1. The Hall–Kier alpha value is -1.10. The van der Waals surface area contributed by atoms with Gasteiger partial charge in [0.15, 0.2) is 0 Å². The molecule has 0 bridgehead atoms. The third-order valence-electron chi connectivity index (χ3n) is 7.29. The predicted octanol–water partition coefficient (Wildman–Crippen LogP) is 7.02. The van der Waals surface area contributed by atoms with Crippen LogP contribution in [0.2, 0.25) is 0 Å². The van der Waals surface area contributed by atoms with Gasteiger partial charge in [-0.25, -0.2) is 0 Å². The van der Waals surface area contributed by atoms with Crippen molar-refractivity contribution in [1.29, 1.82) is 0 Å². The molecule has 194 valence electrons. The second kappa shape index (κ2) is 10.9. The summed E-state index contributed by atoms with van der Waals surface area (Å²) in [5, 5.41) is 7.39. The maximum Gasteiger partial charge on any atom is 0.119 e. The molecule has 0 radical (unpaired) electrons. The first-order valence-corrected chi connectivity index (χ1v) is 13.7. The number of hydrogen-bond donors (Lipinski definition) is 2. The van der Waals surface area contributed by atoms with E-state index in [-0.39, 0.29) is 22.2 Å².